The van der Waals surface area contributed by atoms with Crippen molar-refractivity contribution < 1.29 is 19.7 Å². The van der Waals surface area contributed by atoms with Gasteiger partial charge in [-0.25, -0.2) is 9.97 Å². The Morgan fingerprint density at radius 3 is 2.35 bits per heavy atom. The number of likely N-dealkylation sites (tertiary alicyclic amines) is 1. The Balaban J connectivity index is 1.36. The molecule has 0 saturated carbocycles. The molecule has 2 aromatic heterocycles. The Bertz CT molecular complexity index is 1200. The third-order valence-corrected chi connectivity index (χ3v) is 8.73. The second-order valence-electron chi connectivity index (χ2n) is 10.0. The third kappa shape index (κ3) is 5.59. The molecule has 3 fully saturated rings. The minimum Gasteiger partial charge on any atom is -0.508 e. The molecule has 0 radical (unpaired) electrons. The zero-order valence-corrected chi connectivity index (χ0v) is 21.9. The Kier molecular flexibility index (Phi) is 7.55. The van der Waals surface area contributed by atoms with Gasteiger partial charge < -0.3 is 24.6 Å². The smallest absolute Gasteiger partial charge is 0.162 e. The lowest BCUT2D eigenvalue weighted by Crippen LogP contribution is -2.55. The molecule has 3 saturated heterocycles. The van der Waals surface area contributed by atoms with E-state index in [9.17, 15) is 10.2 Å². The van der Waals surface area contributed by atoms with E-state index in [1.165, 1.54) is 4.88 Å². The Morgan fingerprint density at radius 2 is 1.62 bits per heavy atom. The number of morpholine rings is 2. The van der Waals surface area contributed by atoms with Crippen molar-refractivity contribution in [2.75, 3.05) is 70.6 Å². The topological polar surface area (TPSA) is 94.4 Å². The zero-order valence-electron chi connectivity index (χ0n) is 21.1. The summed E-state index contributed by atoms with van der Waals surface area (Å²) in [5, 5.41) is 20.2. The van der Waals surface area contributed by atoms with Gasteiger partial charge in [-0.2, -0.15) is 0 Å². The van der Waals surface area contributed by atoms with Gasteiger partial charge in [0, 0.05) is 56.1 Å². The lowest BCUT2D eigenvalue weighted by molar-refractivity contribution is -0.0495. The number of hydrogen-bond acceptors (Lipinski definition) is 10. The fourth-order valence-electron chi connectivity index (χ4n) is 5.56. The number of fused-ring (bicyclic) bond motifs is 1. The summed E-state index contributed by atoms with van der Waals surface area (Å²) in [5.74, 6) is 1.79. The molecule has 0 aliphatic carbocycles. The van der Waals surface area contributed by atoms with Crippen LogP contribution in [0.15, 0.2) is 30.3 Å². The van der Waals surface area contributed by atoms with E-state index in [-0.39, 0.29) is 18.0 Å². The number of piperidine rings is 1. The van der Waals surface area contributed by atoms with Gasteiger partial charge >= 0.3 is 0 Å². The van der Waals surface area contributed by atoms with E-state index in [1.54, 1.807) is 23.5 Å². The Labute approximate surface area is 221 Å². The SMILES string of the molecule is Oc1cccc(-c2nc(N3CCOCC3)c3sc(CC(N4CCOCC4)N4CCC(O)CC4)cc3n2)c1. The second kappa shape index (κ2) is 11.2. The molecule has 0 spiro atoms. The Morgan fingerprint density at radius 1 is 0.919 bits per heavy atom. The van der Waals surface area contributed by atoms with Crippen molar-refractivity contribution in [1.29, 1.82) is 0 Å². The molecule has 3 aliphatic rings. The summed E-state index contributed by atoms with van der Waals surface area (Å²) in [4.78, 5) is 18.6. The van der Waals surface area contributed by atoms with Crippen molar-refractivity contribution in [1.82, 2.24) is 19.8 Å². The maximum absolute atomic E-state index is 10.1. The average Bonchev–Trinajstić information content (AvgIpc) is 3.35. The number of phenolic OH excluding ortho intramolecular Hbond substituents is 1. The van der Waals surface area contributed by atoms with Crippen LogP contribution in [0.25, 0.3) is 21.6 Å². The molecular weight excluding hydrogens is 490 g/mol. The van der Waals surface area contributed by atoms with Crippen LogP contribution in [0.5, 0.6) is 5.75 Å². The highest BCUT2D eigenvalue weighted by Gasteiger charge is 2.31. The van der Waals surface area contributed by atoms with Crippen molar-refractivity contribution in [2.45, 2.75) is 31.5 Å². The number of ether oxygens (including phenoxy) is 2. The third-order valence-electron chi connectivity index (χ3n) is 7.59. The van der Waals surface area contributed by atoms with Gasteiger partial charge in [0.15, 0.2) is 11.6 Å². The maximum Gasteiger partial charge on any atom is 0.162 e. The molecule has 3 aliphatic heterocycles. The van der Waals surface area contributed by atoms with Crippen molar-refractivity contribution in [2.24, 2.45) is 0 Å². The van der Waals surface area contributed by atoms with Crippen LogP contribution in [0.3, 0.4) is 0 Å². The van der Waals surface area contributed by atoms with Gasteiger partial charge in [-0.1, -0.05) is 12.1 Å². The van der Waals surface area contributed by atoms with E-state index >= 15 is 0 Å². The van der Waals surface area contributed by atoms with Crippen LogP contribution in [0.2, 0.25) is 0 Å². The number of thiophene rings is 1. The first-order chi connectivity index (χ1) is 18.1. The number of phenols is 1. The fourth-order valence-corrected chi connectivity index (χ4v) is 6.70. The van der Waals surface area contributed by atoms with Crippen molar-refractivity contribution in [3.8, 4) is 17.1 Å². The standard InChI is InChI=1S/C27H35N5O4S/c33-20-4-6-30(7-5-20)24(31-8-12-35-13-9-31)18-22-17-23-25(37-22)27(32-10-14-36-15-11-32)29-26(28-23)19-2-1-3-21(34)16-19/h1-3,16-17,20,24,33-34H,4-15,18H2. The number of aromatic nitrogens is 2. The molecule has 0 amide bonds. The van der Waals surface area contributed by atoms with E-state index in [2.05, 4.69) is 20.8 Å². The molecule has 1 atom stereocenters. The number of aliphatic hydroxyl groups excluding tert-OH is 1. The monoisotopic (exact) mass is 525 g/mol. The molecular formula is C27H35N5O4S. The lowest BCUT2D eigenvalue weighted by atomic mass is 10.1. The quantitative estimate of drug-likeness (QED) is 0.504. The zero-order chi connectivity index (χ0) is 25.2. The number of aliphatic hydroxyl groups is 1. The van der Waals surface area contributed by atoms with Crippen LogP contribution >= 0.6 is 11.3 Å². The van der Waals surface area contributed by atoms with Crippen LogP contribution in [0.1, 0.15) is 17.7 Å². The predicted molar refractivity (Wildman–Crippen MR) is 144 cm³/mol. The molecule has 0 bridgehead atoms. The van der Waals surface area contributed by atoms with Gasteiger partial charge in [0.05, 0.1) is 48.9 Å². The van der Waals surface area contributed by atoms with E-state index in [1.807, 2.05) is 12.1 Å². The normalized spacial score (nSPS) is 21.5. The van der Waals surface area contributed by atoms with Crippen LogP contribution in [0, 0.1) is 0 Å². The van der Waals surface area contributed by atoms with E-state index in [4.69, 9.17) is 19.4 Å². The van der Waals surface area contributed by atoms with Crippen molar-refractivity contribution >= 4 is 27.4 Å². The highest BCUT2D eigenvalue weighted by atomic mass is 32.1. The number of benzene rings is 1. The summed E-state index contributed by atoms with van der Waals surface area (Å²) in [5.41, 5.74) is 1.76. The maximum atomic E-state index is 10.1. The summed E-state index contributed by atoms with van der Waals surface area (Å²) < 4.78 is 12.4. The molecule has 37 heavy (non-hydrogen) atoms. The molecule has 5 heterocycles. The summed E-state index contributed by atoms with van der Waals surface area (Å²) >= 11 is 1.79. The largest absolute Gasteiger partial charge is 0.508 e. The fraction of sp³-hybridized carbons (Fsp3) is 0.556. The molecule has 198 valence electrons. The first kappa shape index (κ1) is 25.0. The molecule has 3 aromatic rings. The van der Waals surface area contributed by atoms with E-state index in [0.29, 0.717) is 19.0 Å². The molecule has 2 N–H and O–H groups in total. The van der Waals surface area contributed by atoms with Gasteiger partial charge in [0.25, 0.3) is 0 Å². The average molecular weight is 526 g/mol. The number of rotatable bonds is 6. The highest BCUT2D eigenvalue weighted by Crippen LogP contribution is 2.36. The molecule has 6 rings (SSSR count). The van der Waals surface area contributed by atoms with Gasteiger partial charge in [0.1, 0.15) is 5.75 Å². The van der Waals surface area contributed by atoms with Gasteiger partial charge in [0.2, 0.25) is 0 Å². The molecule has 9 nitrogen and oxygen atoms in total. The predicted octanol–water partition coefficient (Wildman–Crippen LogP) is 2.56. The molecule has 10 heteroatoms. The van der Waals surface area contributed by atoms with Gasteiger partial charge in [-0.3, -0.25) is 9.80 Å². The number of anilines is 1. The molecule has 1 unspecified atom stereocenters. The van der Waals surface area contributed by atoms with Crippen LogP contribution in [-0.2, 0) is 15.9 Å². The van der Waals surface area contributed by atoms with Crippen molar-refractivity contribution in [3.63, 3.8) is 0 Å². The number of nitrogens with zero attached hydrogens (tertiary/aromatic N) is 5. The summed E-state index contributed by atoms with van der Waals surface area (Å²) in [6, 6.07) is 9.38. The van der Waals surface area contributed by atoms with Crippen molar-refractivity contribution in [3.05, 3.63) is 35.2 Å². The summed E-state index contributed by atoms with van der Waals surface area (Å²) in [6.07, 6.45) is 2.64. The van der Waals surface area contributed by atoms with Crippen LogP contribution in [0.4, 0.5) is 5.82 Å². The van der Waals surface area contributed by atoms with E-state index in [0.717, 1.165) is 93.3 Å². The van der Waals surface area contributed by atoms with Crippen LogP contribution < -0.4 is 4.90 Å². The number of aromatic hydroxyl groups is 1. The highest BCUT2D eigenvalue weighted by molar-refractivity contribution is 7.19. The first-order valence-electron chi connectivity index (χ1n) is 13.3. The number of hydrogen-bond donors (Lipinski definition) is 2. The minimum atomic E-state index is -0.187. The lowest BCUT2D eigenvalue weighted by Gasteiger charge is -2.43. The summed E-state index contributed by atoms with van der Waals surface area (Å²) in [7, 11) is 0. The summed E-state index contributed by atoms with van der Waals surface area (Å²) in [6.45, 7) is 8.17. The minimum absolute atomic E-state index is 0.187. The Hall–Kier alpha value is -2.34. The first-order valence-corrected chi connectivity index (χ1v) is 14.1. The van der Waals surface area contributed by atoms with Gasteiger partial charge in [-0.15, -0.1) is 11.3 Å². The molecule has 1 aromatic carbocycles. The van der Waals surface area contributed by atoms with Gasteiger partial charge in [-0.05, 0) is 31.0 Å². The van der Waals surface area contributed by atoms with Crippen LogP contribution in [-0.4, -0.2) is 108 Å². The van der Waals surface area contributed by atoms with E-state index < -0.39 is 0 Å². The second-order valence-corrected chi connectivity index (χ2v) is 11.2.